The lowest BCUT2D eigenvalue weighted by Crippen LogP contribution is -2.43. The van der Waals surface area contributed by atoms with Crippen LogP contribution >= 0.6 is 15.9 Å². The Kier molecular flexibility index (Phi) is 6.02. The van der Waals surface area contributed by atoms with E-state index in [2.05, 4.69) is 20.7 Å². The number of hydrogen-bond acceptors (Lipinski definition) is 4. The predicted octanol–water partition coefficient (Wildman–Crippen LogP) is 2.01. The van der Waals surface area contributed by atoms with Crippen LogP contribution in [0.3, 0.4) is 0 Å². The third-order valence-corrected chi connectivity index (χ3v) is 4.97. The van der Waals surface area contributed by atoms with E-state index < -0.39 is 38.9 Å². The van der Waals surface area contributed by atoms with Crippen LogP contribution in [0.1, 0.15) is 6.92 Å². The van der Waals surface area contributed by atoms with Crippen LogP contribution in [-0.4, -0.2) is 35.0 Å². The second-order valence-corrected chi connectivity index (χ2v) is 6.45. The Bertz CT molecular complexity index is 555. The van der Waals surface area contributed by atoms with Gasteiger partial charge < -0.3 is 9.47 Å². The van der Waals surface area contributed by atoms with Gasteiger partial charge in [0.25, 0.3) is 0 Å². The van der Waals surface area contributed by atoms with Gasteiger partial charge in [0.1, 0.15) is 16.5 Å². The molecule has 114 valence electrons. The third-order valence-electron chi connectivity index (χ3n) is 2.45. The minimum Gasteiger partial charge on any atom is -0.354 e. The molecule has 1 aromatic rings. The van der Waals surface area contributed by atoms with Crippen molar-refractivity contribution in [1.29, 1.82) is 0 Å². The summed E-state index contributed by atoms with van der Waals surface area (Å²) in [5.74, 6) is -2.07. The normalized spacial score (nSPS) is 13.8. The van der Waals surface area contributed by atoms with Crippen molar-refractivity contribution in [2.24, 2.45) is 0 Å². The van der Waals surface area contributed by atoms with Crippen LogP contribution in [0, 0.1) is 11.6 Å². The van der Waals surface area contributed by atoms with E-state index in [9.17, 15) is 17.2 Å². The smallest absolute Gasteiger partial charge is 0.245 e. The van der Waals surface area contributed by atoms with E-state index in [1.54, 1.807) is 0 Å². The molecule has 0 aromatic heterocycles. The van der Waals surface area contributed by atoms with E-state index in [1.165, 1.54) is 21.1 Å². The van der Waals surface area contributed by atoms with Gasteiger partial charge in [-0.2, -0.15) is 0 Å². The minimum atomic E-state index is -4.20. The van der Waals surface area contributed by atoms with E-state index in [-0.39, 0.29) is 4.47 Å². The molecule has 0 aliphatic rings. The first-order valence-electron chi connectivity index (χ1n) is 5.45. The number of benzene rings is 1. The van der Waals surface area contributed by atoms with Gasteiger partial charge in [0.15, 0.2) is 6.29 Å². The van der Waals surface area contributed by atoms with Gasteiger partial charge >= 0.3 is 0 Å². The van der Waals surface area contributed by atoms with Crippen LogP contribution in [0.5, 0.6) is 0 Å². The Morgan fingerprint density at radius 3 is 2.25 bits per heavy atom. The van der Waals surface area contributed by atoms with Gasteiger partial charge in [-0.3, -0.25) is 0 Å². The molecule has 1 N–H and O–H groups in total. The monoisotopic (exact) mass is 373 g/mol. The number of nitrogens with one attached hydrogen (secondary N) is 1. The van der Waals surface area contributed by atoms with Crippen LogP contribution in [0.25, 0.3) is 0 Å². The lowest BCUT2D eigenvalue weighted by atomic mass is 10.3. The van der Waals surface area contributed by atoms with Gasteiger partial charge in [-0.15, -0.1) is 0 Å². The molecule has 0 spiro atoms. The molecule has 0 saturated carbocycles. The highest BCUT2D eigenvalue weighted by Crippen LogP contribution is 2.26. The molecular formula is C11H14BrF2NO4S. The van der Waals surface area contributed by atoms with Crippen molar-refractivity contribution in [1.82, 2.24) is 4.72 Å². The molecule has 0 amide bonds. The molecule has 0 fully saturated rings. The standard InChI is InChI=1S/C11H14BrF2NO4S/c1-6(11(18-2)19-3)15-20(16,17)10-8(12)4-7(13)5-9(10)14/h4-6,11,15H,1-3H3. The highest BCUT2D eigenvalue weighted by molar-refractivity contribution is 9.10. The summed E-state index contributed by atoms with van der Waals surface area (Å²) >= 11 is 2.83. The van der Waals surface area contributed by atoms with Crippen LogP contribution < -0.4 is 4.72 Å². The topological polar surface area (TPSA) is 64.6 Å². The lowest BCUT2D eigenvalue weighted by Gasteiger charge is -2.22. The quantitative estimate of drug-likeness (QED) is 0.774. The SMILES string of the molecule is COC(OC)C(C)NS(=O)(=O)c1c(F)cc(F)cc1Br. The number of methoxy groups -OCH3 is 2. The molecule has 1 rings (SSSR count). The van der Waals surface area contributed by atoms with E-state index in [0.717, 1.165) is 6.07 Å². The lowest BCUT2D eigenvalue weighted by molar-refractivity contribution is -0.115. The van der Waals surface area contributed by atoms with Gasteiger partial charge in [-0.25, -0.2) is 21.9 Å². The van der Waals surface area contributed by atoms with Gasteiger partial charge in [-0.05, 0) is 28.9 Å². The summed E-state index contributed by atoms with van der Waals surface area (Å²) in [7, 11) is -1.52. The number of ether oxygens (including phenoxy) is 2. The fourth-order valence-electron chi connectivity index (χ4n) is 1.65. The number of sulfonamides is 1. The van der Waals surface area contributed by atoms with Crippen molar-refractivity contribution >= 4 is 26.0 Å². The molecular weight excluding hydrogens is 360 g/mol. The zero-order chi connectivity index (χ0) is 15.5. The van der Waals surface area contributed by atoms with E-state index >= 15 is 0 Å². The Hall–Kier alpha value is -0.610. The van der Waals surface area contributed by atoms with Crippen molar-refractivity contribution in [3.63, 3.8) is 0 Å². The zero-order valence-electron chi connectivity index (χ0n) is 11.0. The van der Waals surface area contributed by atoms with E-state index in [1.807, 2.05) is 0 Å². The van der Waals surface area contributed by atoms with Gasteiger partial charge in [0, 0.05) is 24.8 Å². The van der Waals surface area contributed by atoms with Gasteiger partial charge in [-0.1, -0.05) is 0 Å². The molecule has 1 atom stereocenters. The summed E-state index contributed by atoms with van der Waals surface area (Å²) in [5.41, 5.74) is 0. The molecule has 20 heavy (non-hydrogen) atoms. The summed E-state index contributed by atoms with van der Waals surface area (Å²) < 4.78 is 62.7. The highest BCUT2D eigenvalue weighted by atomic mass is 79.9. The molecule has 0 heterocycles. The highest BCUT2D eigenvalue weighted by Gasteiger charge is 2.28. The first kappa shape index (κ1) is 17.4. The molecule has 0 radical (unpaired) electrons. The number of halogens is 3. The fourth-order valence-corrected chi connectivity index (χ4v) is 4.05. The minimum absolute atomic E-state index is 0.207. The first-order chi connectivity index (χ1) is 9.22. The van der Waals surface area contributed by atoms with Crippen LogP contribution in [0.2, 0.25) is 0 Å². The molecule has 0 bridgehead atoms. The van der Waals surface area contributed by atoms with Crippen molar-refractivity contribution in [3.05, 3.63) is 28.2 Å². The predicted molar refractivity (Wildman–Crippen MR) is 71.6 cm³/mol. The Labute approximate surface area is 124 Å². The number of rotatable bonds is 6. The van der Waals surface area contributed by atoms with Crippen molar-refractivity contribution in [2.75, 3.05) is 14.2 Å². The van der Waals surface area contributed by atoms with Gasteiger partial charge in [0.2, 0.25) is 10.0 Å². The van der Waals surface area contributed by atoms with Crippen LogP contribution in [-0.2, 0) is 19.5 Å². The second-order valence-electron chi connectivity index (χ2n) is 3.95. The Morgan fingerprint density at radius 1 is 1.25 bits per heavy atom. The molecule has 0 aliphatic heterocycles. The van der Waals surface area contributed by atoms with E-state index in [0.29, 0.717) is 6.07 Å². The summed E-state index contributed by atoms with van der Waals surface area (Å²) in [4.78, 5) is -0.670. The molecule has 9 heteroatoms. The van der Waals surface area contributed by atoms with Crippen LogP contribution in [0.15, 0.2) is 21.5 Å². The summed E-state index contributed by atoms with van der Waals surface area (Å²) in [6.45, 7) is 1.49. The molecule has 0 saturated heterocycles. The Morgan fingerprint density at radius 2 is 1.80 bits per heavy atom. The van der Waals surface area contributed by atoms with Gasteiger partial charge in [0.05, 0.1) is 6.04 Å². The Balaban J connectivity index is 3.12. The van der Waals surface area contributed by atoms with Crippen molar-refractivity contribution < 1.29 is 26.7 Å². The maximum atomic E-state index is 13.7. The molecule has 1 aromatic carbocycles. The molecule has 5 nitrogen and oxygen atoms in total. The fraction of sp³-hybridized carbons (Fsp3) is 0.455. The number of hydrogen-bond donors (Lipinski definition) is 1. The van der Waals surface area contributed by atoms with Crippen molar-refractivity contribution in [2.45, 2.75) is 24.2 Å². The maximum absolute atomic E-state index is 13.7. The molecule has 0 aliphatic carbocycles. The summed E-state index contributed by atoms with van der Waals surface area (Å²) in [6.07, 6.45) is -0.841. The average Bonchev–Trinajstić information content (AvgIpc) is 2.27. The van der Waals surface area contributed by atoms with E-state index in [4.69, 9.17) is 9.47 Å². The molecule has 1 unspecified atom stereocenters. The van der Waals surface area contributed by atoms with Crippen LogP contribution in [0.4, 0.5) is 8.78 Å². The van der Waals surface area contributed by atoms with Crippen molar-refractivity contribution in [3.8, 4) is 0 Å². The zero-order valence-corrected chi connectivity index (χ0v) is 13.4. The average molecular weight is 374 g/mol. The first-order valence-corrected chi connectivity index (χ1v) is 7.73. The third kappa shape index (κ3) is 3.95. The maximum Gasteiger partial charge on any atom is 0.245 e. The summed E-state index contributed by atoms with van der Waals surface area (Å²) in [5, 5.41) is 0. The largest absolute Gasteiger partial charge is 0.354 e. The summed E-state index contributed by atoms with van der Waals surface area (Å²) in [6, 6.07) is 0.590. The second kappa shape index (κ2) is 6.90.